The van der Waals surface area contributed by atoms with Crippen LogP contribution in [0.15, 0.2) is 106 Å². The zero-order chi connectivity index (χ0) is 33.3. The van der Waals surface area contributed by atoms with Gasteiger partial charge in [-0.25, -0.2) is 8.42 Å². The Morgan fingerprint density at radius 2 is 1.63 bits per heavy atom. The Hall–Kier alpha value is -3.37. The van der Waals surface area contributed by atoms with Crippen molar-refractivity contribution in [3.05, 3.63) is 128 Å². The number of aryl methyl sites for hydroxylation is 1. The number of unbranched alkanes of at least 4 members (excludes halogenated alkanes) is 1. The minimum absolute atomic E-state index is 0.0383. The summed E-state index contributed by atoms with van der Waals surface area (Å²) in [5.41, 5.74) is 2.59. The summed E-state index contributed by atoms with van der Waals surface area (Å²) in [6.07, 6.45) is 1.86. The van der Waals surface area contributed by atoms with E-state index in [-0.39, 0.29) is 23.8 Å². The maximum absolute atomic E-state index is 14.6. The molecular weight excluding hydrogens is 709 g/mol. The van der Waals surface area contributed by atoms with Gasteiger partial charge in [0.25, 0.3) is 10.0 Å². The Labute approximate surface area is 289 Å². The van der Waals surface area contributed by atoms with Gasteiger partial charge < -0.3 is 10.2 Å². The summed E-state index contributed by atoms with van der Waals surface area (Å²) in [6.45, 7) is 3.72. The smallest absolute Gasteiger partial charge is 0.264 e. The van der Waals surface area contributed by atoms with E-state index < -0.39 is 28.5 Å². The third-order valence-corrected chi connectivity index (χ3v) is 10.3. The van der Waals surface area contributed by atoms with Gasteiger partial charge >= 0.3 is 0 Å². The molecule has 46 heavy (non-hydrogen) atoms. The van der Waals surface area contributed by atoms with Gasteiger partial charge in [-0.05, 0) is 66.9 Å². The standard InChI is InChI=1S/C35H36BrCl2N3O4S/c1-3-4-19-39-35(43)33(20-26-9-6-5-7-10-26)40(23-27-15-16-29(37)22-32(27)38)34(42)24-41(30-12-8-11-28(36)21-30)46(44,45)31-17-13-25(2)14-18-31/h5-18,21-22,33H,3-4,19-20,23-24H2,1-2H3,(H,39,43)/t33-/m0/s1. The highest BCUT2D eigenvalue weighted by Crippen LogP contribution is 2.29. The lowest BCUT2D eigenvalue weighted by atomic mass is 10.0. The molecular formula is C35H36BrCl2N3O4S. The van der Waals surface area contributed by atoms with E-state index in [1.165, 1.54) is 17.0 Å². The molecule has 242 valence electrons. The van der Waals surface area contributed by atoms with E-state index >= 15 is 0 Å². The van der Waals surface area contributed by atoms with Crippen molar-refractivity contribution in [3.63, 3.8) is 0 Å². The summed E-state index contributed by atoms with van der Waals surface area (Å²) in [6, 6.07) is 26.5. The van der Waals surface area contributed by atoms with Crippen LogP contribution < -0.4 is 9.62 Å². The maximum atomic E-state index is 14.6. The molecule has 1 N–H and O–H groups in total. The van der Waals surface area contributed by atoms with Crippen LogP contribution in [0.1, 0.15) is 36.5 Å². The number of anilines is 1. The van der Waals surface area contributed by atoms with Crippen LogP contribution in [0, 0.1) is 6.92 Å². The molecule has 0 spiro atoms. The first-order chi connectivity index (χ1) is 22.0. The molecule has 7 nitrogen and oxygen atoms in total. The zero-order valence-electron chi connectivity index (χ0n) is 25.6. The van der Waals surface area contributed by atoms with Crippen molar-refractivity contribution in [1.29, 1.82) is 0 Å². The van der Waals surface area contributed by atoms with Gasteiger partial charge in [0.1, 0.15) is 12.6 Å². The van der Waals surface area contributed by atoms with E-state index in [0.717, 1.165) is 28.3 Å². The Morgan fingerprint density at radius 3 is 2.28 bits per heavy atom. The van der Waals surface area contributed by atoms with Gasteiger partial charge in [0.05, 0.1) is 10.6 Å². The van der Waals surface area contributed by atoms with Crippen LogP contribution in [0.4, 0.5) is 5.69 Å². The summed E-state index contributed by atoms with van der Waals surface area (Å²) in [5, 5.41) is 3.73. The molecule has 0 aliphatic heterocycles. The largest absolute Gasteiger partial charge is 0.354 e. The van der Waals surface area contributed by atoms with Crippen molar-refractivity contribution in [2.75, 3.05) is 17.4 Å². The van der Waals surface area contributed by atoms with Crippen LogP contribution in [0.3, 0.4) is 0 Å². The van der Waals surface area contributed by atoms with E-state index in [0.29, 0.717) is 32.3 Å². The second kappa shape index (κ2) is 16.5. The zero-order valence-corrected chi connectivity index (χ0v) is 29.5. The fraction of sp³-hybridized carbons (Fsp3) is 0.257. The van der Waals surface area contributed by atoms with Gasteiger partial charge in [-0.3, -0.25) is 13.9 Å². The number of carbonyl (C=O) groups excluding carboxylic acids is 2. The minimum atomic E-state index is -4.20. The number of carbonyl (C=O) groups is 2. The minimum Gasteiger partial charge on any atom is -0.354 e. The fourth-order valence-corrected chi connectivity index (χ4v) is 7.15. The lowest BCUT2D eigenvalue weighted by Gasteiger charge is -2.34. The number of rotatable bonds is 14. The molecule has 4 aromatic carbocycles. The molecule has 2 amide bonds. The Balaban J connectivity index is 1.81. The van der Waals surface area contributed by atoms with Crippen LogP contribution in [0.25, 0.3) is 0 Å². The summed E-state index contributed by atoms with van der Waals surface area (Å²) < 4.78 is 30.0. The molecule has 0 bridgehead atoms. The molecule has 0 fully saturated rings. The highest BCUT2D eigenvalue weighted by molar-refractivity contribution is 9.10. The average Bonchev–Trinajstić information content (AvgIpc) is 3.03. The molecule has 0 aliphatic carbocycles. The van der Waals surface area contributed by atoms with Gasteiger partial charge in [0.15, 0.2) is 0 Å². The molecule has 4 rings (SSSR count). The average molecular weight is 746 g/mol. The van der Waals surface area contributed by atoms with Gasteiger partial charge in [0, 0.05) is 34.0 Å². The van der Waals surface area contributed by atoms with Crippen molar-refractivity contribution < 1.29 is 18.0 Å². The van der Waals surface area contributed by atoms with Crippen LogP contribution in [0.5, 0.6) is 0 Å². The highest BCUT2D eigenvalue weighted by Gasteiger charge is 2.35. The predicted octanol–water partition coefficient (Wildman–Crippen LogP) is 7.82. The molecule has 0 saturated carbocycles. The van der Waals surface area contributed by atoms with Crippen LogP contribution >= 0.6 is 39.1 Å². The van der Waals surface area contributed by atoms with Gasteiger partial charge in [0.2, 0.25) is 11.8 Å². The van der Waals surface area contributed by atoms with Crippen molar-refractivity contribution >= 4 is 66.7 Å². The third-order valence-electron chi connectivity index (χ3n) is 7.44. The fourth-order valence-electron chi connectivity index (χ4n) is 4.89. The van der Waals surface area contributed by atoms with E-state index in [2.05, 4.69) is 21.2 Å². The monoisotopic (exact) mass is 743 g/mol. The number of hydrogen-bond acceptors (Lipinski definition) is 4. The van der Waals surface area contributed by atoms with Gasteiger partial charge in [-0.15, -0.1) is 0 Å². The van der Waals surface area contributed by atoms with Crippen molar-refractivity contribution in [1.82, 2.24) is 10.2 Å². The van der Waals surface area contributed by atoms with Gasteiger partial charge in [-0.2, -0.15) is 0 Å². The van der Waals surface area contributed by atoms with Gasteiger partial charge in [-0.1, -0.05) is 113 Å². The number of halogens is 3. The maximum Gasteiger partial charge on any atom is 0.264 e. The first-order valence-electron chi connectivity index (χ1n) is 14.9. The molecule has 0 aliphatic rings. The van der Waals surface area contributed by atoms with Crippen molar-refractivity contribution in [3.8, 4) is 0 Å². The second-order valence-corrected chi connectivity index (χ2v) is 14.5. The lowest BCUT2D eigenvalue weighted by molar-refractivity contribution is -0.140. The summed E-state index contributed by atoms with van der Waals surface area (Å²) in [5.74, 6) is -0.917. The van der Waals surface area contributed by atoms with Crippen LogP contribution in [-0.2, 0) is 32.6 Å². The van der Waals surface area contributed by atoms with Crippen molar-refractivity contribution in [2.45, 2.75) is 50.6 Å². The second-order valence-electron chi connectivity index (χ2n) is 10.9. The number of sulfonamides is 1. The topological polar surface area (TPSA) is 86.8 Å². The normalized spacial score (nSPS) is 11.9. The lowest BCUT2D eigenvalue weighted by Crippen LogP contribution is -2.53. The molecule has 0 unspecified atom stereocenters. The van der Waals surface area contributed by atoms with E-state index in [1.54, 1.807) is 54.6 Å². The van der Waals surface area contributed by atoms with E-state index in [9.17, 15) is 18.0 Å². The molecule has 0 heterocycles. The summed E-state index contributed by atoms with van der Waals surface area (Å²) in [7, 11) is -4.20. The summed E-state index contributed by atoms with van der Waals surface area (Å²) >= 11 is 16.2. The molecule has 0 aromatic heterocycles. The molecule has 0 radical (unpaired) electrons. The number of nitrogens with zero attached hydrogens (tertiary/aromatic N) is 2. The third kappa shape index (κ3) is 9.35. The Bertz CT molecular complexity index is 1760. The molecule has 11 heteroatoms. The predicted molar refractivity (Wildman–Crippen MR) is 189 cm³/mol. The summed E-state index contributed by atoms with van der Waals surface area (Å²) in [4.78, 5) is 29.9. The highest BCUT2D eigenvalue weighted by atomic mass is 79.9. The number of hydrogen-bond donors (Lipinski definition) is 1. The Kier molecular flexibility index (Phi) is 12.7. The first-order valence-corrected chi connectivity index (χ1v) is 17.9. The van der Waals surface area contributed by atoms with E-state index in [1.807, 2.05) is 44.2 Å². The molecule has 1 atom stereocenters. The number of benzene rings is 4. The van der Waals surface area contributed by atoms with E-state index in [4.69, 9.17) is 23.2 Å². The SMILES string of the molecule is CCCCNC(=O)[C@H](Cc1ccccc1)N(Cc1ccc(Cl)cc1Cl)C(=O)CN(c1cccc(Br)c1)S(=O)(=O)c1ccc(C)cc1. The molecule has 0 saturated heterocycles. The Morgan fingerprint density at radius 1 is 0.913 bits per heavy atom. The molecule has 4 aromatic rings. The number of amides is 2. The quantitative estimate of drug-likeness (QED) is 0.134. The first kappa shape index (κ1) is 35.5. The number of nitrogens with one attached hydrogen (secondary N) is 1. The van der Waals surface area contributed by atoms with Crippen molar-refractivity contribution in [2.24, 2.45) is 0 Å². The van der Waals surface area contributed by atoms with Crippen LogP contribution in [-0.4, -0.2) is 44.3 Å². The van der Waals surface area contributed by atoms with Crippen LogP contribution in [0.2, 0.25) is 10.0 Å².